The van der Waals surface area contributed by atoms with Crippen molar-refractivity contribution in [2.24, 2.45) is 0 Å². The Labute approximate surface area is 198 Å². The van der Waals surface area contributed by atoms with E-state index in [1.54, 1.807) is 18.2 Å². The average Bonchev–Trinajstić information content (AvgIpc) is 3.54. The summed E-state index contributed by atoms with van der Waals surface area (Å²) < 4.78 is 52.3. The zero-order valence-electron chi connectivity index (χ0n) is 18.6. The van der Waals surface area contributed by atoms with Gasteiger partial charge in [-0.15, -0.1) is 0 Å². The van der Waals surface area contributed by atoms with E-state index in [0.29, 0.717) is 40.7 Å². The number of rotatable bonds is 5. The molecule has 0 bridgehead atoms. The van der Waals surface area contributed by atoms with Crippen molar-refractivity contribution in [3.63, 3.8) is 0 Å². The van der Waals surface area contributed by atoms with Crippen molar-refractivity contribution in [2.45, 2.75) is 25.1 Å². The summed E-state index contributed by atoms with van der Waals surface area (Å²) in [6, 6.07) is 12.9. The van der Waals surface area contributed by atoms with Crippen molar-refractivity contribution in [3.8, 4) is 22.8 Å². The number of hydrogen-bond donors (Lipinski definition) is 2. The van der Waals surface area contributed by atoms with Gasteiger partial charge in [0.25, 0.3) is 0 Å². The Morgan fingerprint density at radius 3 is 2.34 bits per heavy atom. The fourth-order valence-corrected chi connectivity index (χ4v) is 4.22. The van der Waals surface area contributed by atoms with E-state index in [9.17, 15) is 27.8 Å². The zero-order chi connectivity index (χ0) is 24.9. The first kappa shape index (κ1) is 23.0. The first-order valence-electron chi connectivity index (χ1n) is 11.0. The molecule has 5 rings (SSSR count). The molecule has 2 atom stereocenters. The van der Waals surface area contributed by atoms with E-state index < -0.39 is 11.9 Å². The lowest BCUT2D eigenvalue weighted by Gasteiger charge is -2.13. The van der Waals surface area contributed by atoms with Crippen LogP contribution in [0.5, 0.6) is 11.5 Å². The standard InChI is InChI=1S/C26H21F4N3O2/c1-33-13-20(33)19-12-18(31-24(25(19)35)15-3-6-17(27)7-4-15)8-2-14-10-16-5-9-22(26(28,29)30)32-23(16)21(34)11-14/h3-7,9-12,20,34-35H,2,8,13H2,1H3. The smallest absolute Gasteiger partial charge is 0.433 e. The molecule has 2 aromatic heterocycles. The topological polar surface area (TPSA) is 69.2 Å². The number of phenolic OH excluding ortho intramolecular Hbond substituents is 1. The molecule has 4 aromatic rings. The average molecular weight is 483 g/mol. The molecular formula is C26H21F4N3O2. The van der Waals surface area contributed by atoms with Crippen LogP contribution < -0.4 is 0 Å². The van der Waals surface area contributed by atoms with Gasteiger partial charge in [-0.2, -0.15) is 13.2 Å². The minimum atomic E-state index is -4.60. The molecule has 3 heterocycles. The van der Waals surface area contributed by atoms with E-state index >= 15 is 0 Å². The summed E-state index contributed by atoms with van der Waals surface area (Å²) in [6.45, 7) is 0.797. The predicted octanol–water partition coefficient (Wildman–Crippen LogP) is 5.64. The van der Waals surface area contributed by atoms with E-state index in [0.717, 1.165) is 18.2 Å². The molecule has 0 radical (unpaired) electrons. The van der Waals surface area contributed by atoms with Crippen molar-refractivity contribution in [1.82, 2.24) is 14.9 Å². The molecule has 9 heteroatoms. The van der Waals surface area contributed by atoms with Gasteiger partial charge in [0.05, 0.1) is 6.04 Å². The predicted molar refractivity (Wildman–Crippen MR) is 122 cm³/mol. The van der Waals surface area contributed by atoms with Crippen LogP contribution >= 0.6 is 0 Å². The number of nitrogens with zero attached hydrogens (tertiary/aromatic N) is 3. The quantitative estimate of drug-likeness (QED) is 0.284. The fraction of sp³-hybridized carbons (Fsp3) is 0.231. The third-order valence-corrected chi connectivity index (χ3v) is 6.20. The number of aromatic nitrogens is 2. The minimum Gasteiger partial charge on any atom is -0.506 e. The molecule has 1 fully saturated rings. The van der Waals surface area contributed by atoms with Gasteiger partial charge in [0.15, 0.2) is 0 Å². The number of aryl methyl sites for hydroxylation is 2. The highest BCUT2D eigenvalue weighted by atomic mass is 19.4. The van der Waals surface area contributed by atoms with Gasteiger partial charge in [-0.05, 0) is 74.0 Å². The summed E-state index contributed by atoms with van der Waals surface area (Å²) in [5, 5.41) is 21.6. The first-order chi connectivity index (χ1) is 16.6. The molecular weight excluding hydrogens is 462 g/mol. The minimum absolute atomic E-state index is 0.0598. The summed E-state index contributed by atoms with van der Waals surface area (Å²) in [6.07, 6.45) is -3.69. The Kier molecular flexibility index (Phi) is 5.59. The van der Waals surface area contributed by atoms with Crippen LogP contribution in [0.25, 0.3) is 22.2 Å². The molecule has 1 aliphatic rings. The van der Waals surface area contributed by atoms with Gasteiger partial charge in [-0.3, -0.25) is 4.90 Å². The zero-order valence-corrected chi connectivity index (χ0v) is 18.6. The summed E-state index contributed by atoms with van der Waals surface area (Å²) in [5.74, 6) is -0.654. The number of hydrogen-bond acceptors (Lipinski definition) is 5. The van der Waals surface area contributed by atoms with Gasteiger partial charge >= 0.3 is 6.18 Å². The van der Waals surface area contributed by atoms with Crippen LogP contribution in [-0.4, -0.2) is 38.7 Å². The molecule has 2 unspecified atom stereocenters. The van der Waals surface area contributed by atoms with E-state index in [1.807, 2.05) is 13.1 Å². The number of halogens is 4. The van der Waals surface area contributed by atoms with E-state index in [-0.39, 0.29) is 28.9 Å². The van der Waals surface area contributed by atoms with Gasteiger partial charge in [-0.25, -0.2) is 14.4 Å². The molecule has 2 aromatic carbocycles. The highest BCUT2D eigenvalue weighted by Crippen LogP contribution is 2.42. The van der Waals surface area contributed by atoms with Crippen molar-refractivity contribution >= 4 is 10.9 Å². The summed E-state index contributed by atoms with van der Waals surface area (Å²) in [5.41, 5.74) is 1.92. The molecule has 1 aliphatic heterocycles. The Balaban J connectivity index is 1.46. The maximum atomic E-state index is 13.4. The highest BCUT2D eigenvalue weighted by Gasteiger charge is 2.35. The second-order valence-electron chi connectivity index (χ2n) is 8.74. The fourth-order valence-electron chi connectivity index (χ4n) is 4.22. The second-order valence-corrected chi connectivity index (χ2v) is 8.74. The van der Waals surface area contributed by atoms with Crippen LogP contribution in [0.4, 0.5) is 17.6 Å². The Hall–Kier alpha value is -3.72. The van der Waals surface area contributed by atoms with Crippen molar-refractivity contribution in [2.75, 3.05) is 13.6 Å². The molecule has 0 spiro atoms. The van der Waals surface area contributed by atoms with Crippen molar-refractivity contribution in [3.05, 3.63) is 82.9 Å². The summed E-state index contributed by atoms with van der Waals surface area (Å²) in [4.78, 5) is 10.2. The second kappa shape index (κ2) is 8.49. The molecule has 1 saturated heterocycles. The van der Waals surface area contributed by atoms with E-state index in [1.165, 1.54) is 24.3 Å². The van der Waals surface area contributed by atoms with E-state index in [4.69, 9.17) is 0 Å². The monoisotopic (exact) mass is 483 g/mol. The van der Waals surface area contributed by atoms with Crippen LogP contribution in [0.2, 0.25) is 0 Å². The van der Waals surface area contributed by atoms with Gasteiger partial charge in [-0.1, -0.05) is 6.07 Å². The lowest BCUT2D eigenvalue weighted by molar-refractivity contribution is -0.140. The molecule has 0 aliphatic carbocycles. The largest absolute Gasteiger partial charge is 0.506 e. The SMILES string of the molecule is CN1CC1c1cc(CCc2cc(O)c3nc(C(F)(F)F)ccc3c2)nc(-c2ccc(F)cc2)c1O. The van der Waals surface area contributed by atoms with Crippen LogP contribution in [0.15, 0.2) is 54.6 Å². The molecule has 35 heavy (non-hydrogen) atoms. The van der Waals surface area contributed by atoms with Gasteiger partial charge in [0, 0.05) is 28.8 Å². The Morgan fingerprint density at radius 2 is 1.69 bits per heavy atom. The lowest BCUT2D eigenvalue weighted by atomic mass is 10.0. The van der Waals surface area contributed by atoms with Crippen LogP contribution in [0.1, 0.15) is 28.6 Å². The van der Waals surface area contributed by atoms with Gasteiger partial charge in [0.1, 0.15) is 34.2 Å². The van der Waals surface area contributed by atoms with Crippen molar-refractivity contribution in [1.29, 1.82) is 0 Å². The summed E-state index contributed by atoms with van der Waals surface area (Å²) >= 11 is 0. The number of likely N-dealkylation sites (N-methyl/N-ethyl adjacent to an activating group) is 1. The molecule has 2 N–H and O–H groups in total. The number of pyridine rings is 2. The first-order valence-corrected chi connectivity index (χ1v) is 11.0. The number of benzene rings is 2. The van der Waals surface area contributed by atoms with Gasteiger partial charge in [0.2, 0.25) is 0 Å². The number of fused-ring (bicyclic) bond motifs is 1. The van der Waals surface area contributed by atoms with Crippen LogP contribution in [0.3, 0.4) is 0 Å². The van der Waals surface area contributed by atoms with Crippen LogP contribution in [-0.2, 0) is 19.0 Å². The summed E-state index contributed by atoms with van der Waals surface area (Å²) in [7, 11) is 1.94. The molecule has 5 nitrogen and oxygen atoms in total. The number of aromatic hydroxyl groups is 2. The number of phenols is 1. The third kappa shape index (κ3) is 4.64. The maximum Gasteiger partial charge on any atom is 0.433 e. The Bertz CT molecular complexity index is 1420. The molecule has 180 valence electrons. The highest BCUT2D eigenvalue weighted by molar-refractivity contribution is 5.85. The molecule has 0 saturated carbocycles. The van der Waals surface area contributed by atoms with Gasteiger partial charge < -0.3 is 10.2 Å². The van der Waals surface area contributed by atoms with Crippen LogP contribution in [0, 0.1) is 5.82 Å². The third-order valence-electron chi connectivity index (χ3n) is 6.20. The normalized spacial score (nSPS) is 17.6. The Morgan fingerprint density at radius 1 is 0.971 bits per heavy atom. The lowest BCUT2D eigenvalue weighted by Crippen LogP contribution is -2.07. The van der Waals surface area contributed by atoms with Crippen molar-refractivity contribution < 1.29 is 27.8 Å². The molecule has 0 amide bonds. The van der Waals surface area contributed by atoms with E-state index in [2.05, 4.69) is 14.9 Å². The number of alkyl halides is 3. The maximum absolute atomic E-state index is 13.4.